The second-order valence-electron chi connectivity index (χ2n) is 4.93. The third-order valence-electron chi connectivity index (χ3n) is 3.41. The van der Waals surface area contributed by atoms with Crippen molar-refractivity contribution in [2.24, 2.45) is 0 Å². The van der Waals surface area contributed by atoms with E-state index in [1.54, 1.807) is 17.8 Å². The van der Waals surface area contributed by atoms with Crippen LogP contribution in [-0.4, -0.2) is 33.8 Å². The van der Waals surface area contributed by atoms with Gasteiger partial charge in [-0.05, 0) is 32.0 Å². The summed E-state index contributed by atoms with van der Waals surface area (Å²) in [7, 11) is 0. The molecule has 1 amide bonds. The van der Waals surface area contributed by atoms with Crippen LogP contribution < -0.4 is 10.6 Å². The second-order valence-corrected chi connectivity index (χ2v) is 5.64. The lowest BCUT2D eigenvalue weighted by Crippen LogP contribution is -2.29. The standard InChI is InChI=1S/C14H17N5OS/c20-14(2-1-11-9-21-10-16-11)18-12-7-17-19(8-12)13-3-5-15-6-4-13/h1-2,7-10,13,15H,3-6H2,(H,18,20)/b2-1+. The zero-order chi connectivity index (χ0) is 14.5. The number of thiazole rings is 1. The van der Waals surface area contributed by atoms with Crippen LogP contribution in [0.1, 0.15) is 24.6 Å². The Labute approximate surface area is 126 Å². The van der Waals surface area contributed by atoms with Crippen molar-refractivity contribution in [3.63, 3.8) is 0 Å². The molecule has 0 radical (unpaired) electrons. The van der Waals surface area contributed by atoms with E-state index in [1.807, 2.05) is 16.3 Å². The van der Waals surface area contributed by atoms with Crippen LogP contribution in [0.5, 0.6) is 0 Å². The minimum absolute atomic E-state index is 0.173. The Kier molecular flexibility index (Phi) is 4.42. The van der Waals surface area contributed by atoms with Crippen LogP contribution in [0.4, 0.5) is 5.69 Å². The average molecular weight is 303 g/mol. The molecule has 3 rings (SSSR count). The Morgan fingerprint density at radius 3 is 3.10 bits per heavy atom. The Morgan fingerprint density at radius 2 is 2.33 bits per heavy atom. The van der Waals surface area contributed by atoms with Crippen molar-refractivity contribution in [2.45, 2.75) is 18.9 Å². The van der Waals surface area contributed by atoms with Crippen LogP contribution in [-0.2, 0) is 4.79 Å². The minimum Gasteiger partial charge on any atom is -0.320 e. The number of piperidine rings is 1. The van der Waals surface area contributed by atoms with E-state index >= 15 is 0 Å². The van der Waals surface area contributed by atoms with E-state index in [0.29, 0.717) is 6.04 Å². The van der Waals surface area contributed by atoms with Gasteiger partial charge in [-0.1, -0.05) is 0 Å². The lowest BCUT2D eigenvalue weighted by atomic mass is 10.1. The van der Waals surface area contributed by atoms with Crippen LogP contribution >= 0.6 is 11.3 Å². The molecule has 21 heavy (non-hydrogen) atoms. The number of nitrogens with one attached hydrogen (secondary N) is 2. The van der Waals surface area contributed by atoms with Crippen molar-refractivity contribution in [1.82, 2.24) is 20.1 Å². The highest BCUT2D eigenvalue weighted by molar-refractivity contribution is 7.07. The molecule has 1 saturated heterocycles. The summed E-state index contributed by atoms with van der Waals surface area (Å²) in [5.74, 6) is -0.173. The first-order valence-electron chi connectivity index (χ1n) is 6.93. The first kappa shape index (κ1) is 14.0. The molecule has 3 heterocycles. The number of nitrogens with zero attached hydrogens (tertiary/aromatic N) is 3. The zero-order valence-corrected chi connectivity index (χ0v) is 12.3. The summed E-state index contributed by atoms with van der Waals surface area (Å²) in [4.78, 5) is 15.9. The van der Waals surface area contributed by atoms with Gasteiger partial charge in [0.05, 0.1) is 29.1 Å². The molecule has 2 aromatic heterocycles. The summed E-state index contributed by atoms with van der Waals surface area (Å²) in [5, 5.41) is 12.4. The normalized spacial score (nSPS) is 16.4. The van der Waals surface area contributed by atoms with Crippen molar-refractivity contribution >= 4 is 29.0 Å². The number of rotatable bonds is 4. The topological polar surface area (TPSA) is 71.8 Å². The Bertz CT molecular complexity index is 613. The zero-order valence-electron chi connectivity index (χ0n) is 11.5. The van der Waals surface area contributed by atoms with Crippen LogP contribution in [0.15, 0.2) is 29.4 Å². The molecule has 2 aromatic rings. The number of hydrogen-bond donors (Lipinski definition) is 2. The minimum atomic E-state index is -0.173. The van der Waals surface area contributed by atoms with Crippen LogP contribution in [0, 0.1) is 0 Å². The van der Waals surface area contributed by atoms with Crippen molar-refractivity contribution in [3.05, 3.63) is 35.1 Å². The van der Waals surface area contributed by atoms with Gasteiger partial charge in [-0.3, -0.25) is 9.48 Å². The highest BCUT2D eigenvalue weighted by Gasteiger charge is 2.15. The molecule has 110 valence electrons. The molecule has 6 nitrogen and oxygen atoms in total. The largest absolute Gasteiger partial charge is 0.320 e. The molecule has 0 aliphatic carbocycles. The third-order valence-corrected chi connectivity index (χ3v) is 4.01. The summed E-state index contributed by atoms with van der Waals surface area (Å²) in [6, 6.07) is 0.419. The molecule has 0 bridgehead atoms. The number of aromatic nitrogens is 3. The summed E-state index contributed by atoms with van der Waals surface area (Å²) in [6.45, 7) is 2.03. The van der Waals surface area contributed by atoms with Crippen molar-refractivity contribution in [2.75, 3.05) is 18.4 Å². The summed E-state index contributed by atoms with van der Waals surface area (Å²) < 4.78 is 1.95. The maximum Gasteiger partial charge on any atom is 0.248 e. The molecular formula is C14H17N5OS. The maximum atomic E-state index is 11.8. The van der Waals surface area contributed by atoms with Crippen LogP contribution in [0.3, 0.4) is 0 Å². The molecule has 1 aliphatic heterocycles. The second kappa shape index (κ2) is 6.64. The fraction of sp³-hybridized carbons (Fsp3) is 0.357. The average Bonchev–Trinajstić information content (AvgIpc) is 3.17. The van der Waals surface area contributed by atoms with Crippen molar-refractivity contribution in [1.29, 1.82) is 0 Å². The van der Waals surface area contributed by atoms with E-state index in [2.05, 4.69) is 20.7 Å². The third kappa shape index (κ3) is 3.77. The predicted octanol–water partition coefficient (Wildman–Crippen LogP) is 1.92. The highest BCUT2D eigenvalue weighted by Crippen LogP contribution is 2.19. The van der Waals surface area contributed by atoms with E-state index in [0.717, 1.165) is 37.3 Å². The van der Waals surface area contributed by atoms with E-state index < -0.39 is 0 Å². The predicted molar refractivity (Wildman–Crippen MR) is 83.1 cm³/mol. The monoisotopic (exact) mass is 303 g/mol. The smallest absolute Gasteiger partial charge is 0.248 e. The van der Waals surface area contributed by atoms with Crippen molar-refractivity contribution < 1.29 is 4.79 Å². The summed E-state index contributed by atoms with van der Waals surface area (Å²) >= 11 is 1.50. The quantitative estimate of drug-likeness (QED) is 0.847. The van der Waals surface area contributed by atoms with Gasteiger partial charge < -0.3 is 10.6 Å². The van der Waals surface area contributed by atoms with Gasteiger partial charge in [0.1, 0.15) is 0 Å². The van der Waals surface area contributed by atoms with E-state index in [1.165, 1.54) is 17.4 Å². The highest BCUT2D eigenvalue weighted by atomic mass is 32.1. The van der Waals surface area contributed by atoms with Crippen LogP contribution in [0.25, 0.3) is 6.08 Å². The fourth-order valence-electron chi connectivity index (χ4n) is 2.32. The van der Waals surface area contributed by atoms with Gasteiger partial charge in [0.25, 0.3) is 0 Å². The summed E-state index contributed by atoms with van der Waals surface area (Å²) in [5.41, 5.74) is 3.25. The van der Waals surface area contributed by atoms with E-state index in [9.17, 15) is 4.79 Å². The Balaban J connectivity index is 1.57. The molecule has 0 aromatic carbocycles. The number of carbonyl (C=O) groups excluding carboxylic acids is 1. The maximum absolute atomic E-state index is 11.8. The molecule has 0 atom stereocenters. The van der Waals surface area contributed by atoms with Gasteiger partial charge in [-0.25, -0.2) is 4.98 Å². The SMILES string of the molecule is O=C(/C=C/c1cscn1)Nc1cnn(C2CCNCC2)c1. The molecule has 2 N–H and O–H groups in total. The van der Waals surface area contributed by atoms with Crippen LogP contribution in [0.2, 0.25) is 0 Å². The first-order chi connectivity index (χ1) is 10.3. The molecule has 0 spiro atoms. The van der Waals surface area contributed by atoms with Gasteiger partial charge in [-0.15, -0.1) is 11.3 Å². The molecular weight excluding hydrogens is 286 g/mol. The van der Waals surface area contributed by atoms with E-state index in [4.69, 9.17) is 0 Å². The lowest BCUT2D eigenvalue weighted by Gasteiger charge is -2.22. The van der Waals surface area contributed by atoms with Gasteiger partial charge in [0.15, 0.2) is 0 Å². The fourth-order valence-corrected chi connectivity index (χ4v) is 2.84. The molecule has 0 saturated carbocycles. The number of amides is 1. The van der Waals surface area contributed by atoms with Gasteiger partial charge >= 0.3 is 0 Å². The molecule has 1 aliphatic rings. The number of anilines is 1. The molecule has 1 fully saturated rings. The number of hydrogen-bond acceptors (Lipinski definition) is 5. The number of carbonyl (C=O) groups is 1. The van der Waals surface area contributed by atoms with Crippen molar-refractivity contribution in [3.8, 4) is 0 Å². The molecule has 7 heteroatoms. The van der Waals surface area contributed by atoms with Gasteiger partial charge in [0, 0.05) is 17.7 Å². The summed E-state index contributed by atoms with van der Waals surface area (Å²) in [6.07, 6.45) is 8.90. The Morgan fingerprint density at radius 1 is 1.48 bits per heavy atom. The van der Waals surface area contributed by atoms with Gasteiger partial charge in [0.2, 0.25) is 5.91 Å². The molecule has 0 unspecified atom stereocenters. The first-order valence-corrected chi connectivity index (χ1v) is 7.88. The van der Waals surface area contributed by atoms with E-state index in [-0.39, 0.29) is 5.91 Å². The van der Waals surface area contributed by atoms with Gasteiger partial charge in [-0.2, -0.15) is 5.10 Å². The lowest BCUT2D eigenvalue weighted by molar-refractivity contribution is -0.111. The Hall–Kier alpha value is -1.99.